The van der Waals surface area contributed by atoms with E-state index < -0.39 is 12.2 Å². The number of rotatable bonds is 17. The normalized spacial score (nSPS) is 15.3. The van der Waals surface area contributed by atoms with E-state index in [9.17, 15) is 9.59 Å². The van der Waals surface area contributed by atoms with Crippen LogP contribution in [0.2, 0.25) is 5.02 Å². The fourth-order valence-electron chi connectivity index (χ4n) is 4.54. The molecule has 1 heterocycles. The minimum Gasteiger partial charge on any atom is -0.493 e. The van der Waals surface area contributed by atoms with E-state index in [1.165, 1.54) is 13.5 Å². The Kier molecular flexibility index (Phi) is 13.2. The second kappa shape index (κ2) is 16.6. The molecule has 10 heteroatoms. The predicted octanol–water partition coefficient (Wildman–Crippen LogP) is 5.12. The Bertz CT molecular complexity index is 1130. The Morgan fingerprint density at radius 1 is 1.10 bits per heavy atom. The van der Waals surface area contributed by atoms with Crippen LogP contribution in [0.5, 0.6) is 5.75 Å². The molecule has 0 aliphatic carbocycles. The van der Waals surface area contributed by atoms with Crippen molar-refractivity contribution in [1.82, 2.24) is 16.0 Å². The molecular weight excluding hydrogens is 546 g/mol. The number of amides is 2. The van der Waals surface area contributed by atoms with Crippen LogP contribution in [-0.2, 0) is 14.2 Å². The lowest BCUT2D eigenvalue weighted by molar-refractivity contribution is -0.120. The van der Waals surface area contributed by atoms with Gasteiger partial charge >= 0.3 is 6.09 Å². The molecule has 2 amide bonds. The number of halogens is 1. The molecule has 1 saturated heterocycles. The number of ether oxygens (including phenoxy) is 4. The van der Waals surface area contributed by atoms with Crippen LogP contribution in [0.4, 0.5) is 4.79 Å². The summed E-state index contributed by atoms with van der Waals surface area (Å²) in [4.78, 5) is 24.9. The molecule has 0 bridgehead atoms. The smallest absolute Gasteiger partial charge is 0.406 e. The van der Waals surface area contributed by atoms with Gasteiger partial charge in [0.25, 0.3) is 5.91 Å². The highest BCUT2D eigenvalue weighted by Crippen LogP contribution is 2.33. The van der Waals surface area contributed by atoms with Crippen LogP contribution >= 0.6 is 11.6 Å². The maximum Gasteiger partial charge on any atom is 0.406 e. The number of unbranched alkanes of at least 4 members (excludes halogenated alkanes) is 2. The highest BCUT2D eigenvalue weighted by molar-refractivity contribution is 6.30. The van der Waals surface area contributed by atoms with Crippen LogP contribution in [0.15, 0.2) is 42.5 Å². The lowest BCUT2D eigenvalue weighted by Gasteiger charge is -2.37. The molecule has 0 saturated carbocycles. The molecule has 0 spiro atoms. The van der Waals surface area contributed by atoms with Crippen LogP contribution in [-0.4, -0.2) is 71.7 Å². The summed E-state index contributed by atoms with van der Waals surface area (Å²) in [5.74, 6) is 0.375. The summed E-state index contributed by atoms with van der Waals surface area (Å²) in [6, 6.07) is 13.0. The maximum absolute atomic E-state index is 13.4. The summed E-state index contributed by atoms with van der Waals surface area (Å²) >= 11 is 6.33. The van der Waals surface area contributed by atoms with Gasteiger partial charge < -0.3 is 34.9 Å². The molecule has 1 aliphatic rings. The molecule has 1 aliphatic heterocycles. The molecular formula is C31H44ClN3O6. The number of methoxy groups -OCH3 is 1. The quantitative estimate of drug-likeness (QED) is 0.220. The summed E-state index contributed by atoms with van der Waals surface area (Å²) in [7, 11) is 3.23. The van der Waals surface area contributed by atoms with Crippen LogP contribution in [0.25, 0.3) is 0 Å². The van der Waals surface area contributed by atoms with E-state index in [2.05, 4.69) is 34.5 Å². The number of hydrogen-bond donors (Lipinski definition) is 3. The van der Waals surface area contributed by atoms with Crippen molar-refractivity contribution in [2.24, 2.45) is 5.41 Å². The Balaban J connectivity index is 1.86. The first-order chi connectivity index (χ1) is 19.8. The van der Waals surface area contributed by atoms with E-state index in [4.69, 9.17) is 25.8 Å². The molecule has 2 atom stereocenters. The van der Waals surface area contributed by atoms with Crippen LogP contribution in [0.1, 0.15) is 67.1 Å². The molecule has 9 nitrogen and oxygen atoms in total. The average Bonchev–Trinajstić information content (AvgIpc) is 2.96. The predicted molar refractivity (Wildman–Crippen MR) is 160 cm³/mol. The van der Waals surface area contributed by atoms with Gasteiger partial charge in [-0.15, -0.1) is 0 Å². The zero-order valence-electron chi connectivity index (χ0n) is 24.6. The molecule has 2 aromatic carbocycles. The minimum atomic E-state index is -0.565. The van der Waals surface area contributed by atoms with Crippen molar-refractivity contribution in [2.45, 2.75) is 51.7 Å². The molecule has 2 aromatic rings. The fourth-order valence-corrected chi connectivity index (χ4v) is 4.74. The second-order valence-corrected chi connectivity index (χ2v) is 11.2. The first-order valence-corrected chi connectivity index (χ1v) is 14.6. The van der Waals surface area contributed by atoms with Crippen LogP contribution in [0.3, 0.4) is 0 Å². The lowest BCUT2D eigenvalue weighted by Crippen LogP contribution is -2.44. The Morgan fingerprint density at radius 3 is 2.56 bits per heavy atom. The van der Waals surface area contributed by atoms with Gasteiger partial charge in [0.1, 0.15) is 11.9 Å². The maximum atomic E-state index is 13.4. The first kappa shape index (κ1) is 32.7. The second-order valence-electron chi connectivity index (χ2n) is 10.8. The zero-order valence-corrected chi connectivity index (χ0v) is 25.4. The number of hydrogen-bond acceptors (Lipinski definition) is 7. The van der Waals surface area contributed by atoms with E-state index >= 15 is 0 Å². The van der Waals surface area contributed by atoms with Gasteiger partial charge in [0.05, 0.1) is 33.5 Å². The number of carbonyl (C=O) groups is 2. The van der Waals surface area contributed by atoms with Gasteiger partial charge in [0.15, 0.2) is 0 Å². The largest absolute Gasteiger partial charge is 0.493 e. The molecule has 3 N–H and O–H groups in total. The standard InChI is InChI=1S/C31H44ClN3O6/c1-5-6-7-11-26(33-3)18-35-29(36)24-14-23(16-27(17-24)41-21-31(2)19-39-20-31)28(22-9-8-10-25(32)15-22)40-13-12-34-30(37)38-4/h8-10,14-17,26,28,33H,5-7,11-13,18-21H2,1-4H3,(H,34,37)(H,35,36). The van der Waals surface area contributed by atoms with Crippen molar-refractivity contribution >= 4 is 23.6 Å². The van der Waals surface area contributed by atoms with Crippen LogP contribution in [0, 0.1) is 5.41 Å². The number of carbonyl (C=O) groups excluding carboxylic acids is 2. The Hall–Kier alpha value is -2.85. The molecule has 1 fully saturated rings. The van der Waals surface area contributed by atoms with Crippen molar-refractivity contribution in [3.8, 4) is 5.75 Å². The van der Waals surface area contributed by atoms with Crippen molar-refractivity contribution in [3.63, 3.8) is 0 Å². The third kappa shape index (κ3) is 10.5. The van der Waals surface area contributed by atoms with Crippen molar-refractivity contribution in [2.75, 3.05) is 53.7 Å². The lowest BCUT2D eigenvalue weighted by atomic mass is 9.90. The molecule has 2 unspecified atom stereocenters. The summed E-state index contributed by atoms with van der Waals surface area (Å²) in [5, 5.41) is 9.58. The minimum absolute atomic E-state index is 0.0701. The van der Waals surface area contributed by atoms with E-state index in [1.54, 1.807) is 12.1 Å². The molecule has 226 valence electrons. The fraction of sp³-hybridized carbons (Fsp3) is 0.548. The summed E-state index contributed by atoms with van der Waals surface area (Å²) < 4.78 is 22.5. The topological polar surface area (TPSA) is 107 Å². The Morgan fingerprint density at radius 2 is 1.90 bits per heavy atom. The number of nitrogens with one attached hydrogen (secondary N) is 3. The number of likely N-dealkylation sites (N-methyl/N-ethyl adjacent to an activating group) is 1. The third-order valence-corrected chi connectivity index (χ3v) is 7.28. The first-order valence-electron chi connectivity index (χ1n) is 14.3. The van der Waals surface area contributed by atoms with Gasteiger partial charge in [-0.3, -0.25) is 4.79 Å². The molecule has 41 heavy (non-hydrogen) atoms. The van der Waals surface area contributed by atoms with E-state index in [1.807, 2.05) is 37.4 Å². The third-order valence-electron chi connectivity index (χ3n) is 7.05. The van der Waals surface area contributed by atoms with Crippen molar-refractivity contribution in [3.05, 3.63) is 64.2 Å². The van der Waals surface area contributed by atoms with Crippen molar-refractivity contribution in [1.29, 1.82) is 0 Å². The van der Waals surface area contributed by atoms with E-state index in [-0.39, 0.29) is 30.5 Å². The summed E-state index contributed by atoms with van der Waals surface area (Å²) in [6.45, 7) is 6.97. The SMILES string of the molecule is CCCCCC(CNC(=O)c1cc(OCC2(C)COC2)cc(C(OCCNC(=O)OC)c2cccc(Cl)c2)c1)NC. The van der Waals surface area contributed by atoms with Gasteiger partial charge in [-0.2, -0.15) is 0 Å². The Labute approximate surface area is 248 Å². The average molecular weight is 590 g/mol. The monoisotopic (exact) mass is 589 g/mol. The number of alkyl carbamates (subject to hydrolysis) is 1. The van der Waals surface area contributed by atoms with Crippen molar-refractivity contribution < 1.29 is 28.5 Å². The summed E-state index contributed by atoms with van der Waals surface area (Å²) in [6.07, 6.45) is 3.31. The zero-order chi connectivity index (χ0) is 29.7. The van der Waals surface area contributed by atoms with Gasteiger partial charge in [0.2, 0.25) is 0 Å². The number of benzene rings is 2. The molecule has 3 rings (SSSR count). The van der Waals surface area contributed by atoms with Gasteiger partial charge in [-0.1, -0.05) is 56.8 Å². The summed E-state index contributed by atoms with van der Waals surface area (Å²) in [5.41, 5.74) is 1.94. The van der Waals surface area contributed by atoms with Crippen LogP contribution < -0.4 is 20.7 Å². The van der Waals surface area contributed by atoms with Gasteiger partial charge in [-0.05, 0) is 54.9 Å². The molecule has 0 radical (unpaired) electrons. The highest BCUT2D eigenvalue weighted by Gasteiger charge is 2.34. The molecule has 0 aromatic heterocycles. The highest BCUT2D eigenvalue weighted by atomic mass is 35.5. The van der Waals surface area contributed by atoms with Gasteiger partial charge in [0, 0.05) is 35.1 Å². The van der Waals surface area contributed by atoms with E-state index in [0.29, 0.717) is 42.7 Å². The van der Waals surface area contributed by atoms with E-state index in [0.717, 1.165) is 30.4 Å². The van der Waals surface area contributed by atoms with Gasteiger partial charge in [-0.25, -0.2) is 4.79 Å².